The van der Waals surface area contributed by atoms with Crippen LogP contribution in [-0.4, -0.2) is 44.0 Å². The molecule has 0 fully saturated rings. The molecule has 0 saturated heterocycles. The molecular formula is C12H19NO4S. The molecule has 1 heterocycles. The highest BCUT2D eigenvalue weighted by Gasteiger charge is 2.21. The first-order valence-electron chi connectivity index (χ1n) is 6.07. The Kier molecular flexibility index (Phi) is 6.82. The van der Waals surface area contributed by atoms with Crippen LogP contribution in [0.2, 0.25) is 0 Å². The first-order chi connectivity index (χ1) is 8.69. The zero-order valence-electron chi connectivity index (χ0n) is 10.8. The van der Waals surface area contributed by atoms with Crippen LogP contribution in [0.15, 0.2) is 10.5 Å². The van der Waals surface area contributed by atoms with E-state index in [0.717, 1.165) is 17.9 Å². The number of carbonyl (C=O) groups excluding carboxylic acids is 2. The van der Waals surface area contributed by atoms with Crippen molar-refractivity contribution in [3.05, 3.63) is 10.5 Å². The molecule has 0 bridgehead atoms. The van der Waals surface area contributed by atoms with Gasteiger partial charge in [-0.25, -0.2) is 4.79 Å². The molecule has 18 heavy (non-hydrogen) atoms. The van der Waals surface area contributed by atoms with Crippen LogP contribution in [0, 0.1) is 0 Å². The van der Waals surface area contributed by atoms with Crippen LogP contribution >= 0.6 is 11.8 Å². The molecule has 0 amide bonds. The summed E-state index contributed by atoms with van der Waals surface area (Å²) < 4.78 is 9.86. The van der Waals surface area contributed by atoms with Crippen molar-refractivity contribution in [3.8, 4) is 0 Å². The Labute approximate surface area is 111 Å². The molecule has 0 radical (unpaired) electrons. The number of hydrogen-bond donors (Lipinski definition) is 1. The van der Waals surface area contributed by atoms with Crippen LogP contribution in [0.3, 0.4) is 0 Å². The van der Waals surface area contributed by atoms with Crippen LogP contribution in [0.5, 0.6) is 0 Å². The van der Waals surface area contributed by atoms with E-state index < -0.39 is 0 Å². The second-order valence-corrected chi connectivity index (χ2v) is 4.71. The average Bonchev–Trinajstić information content (AvgIpc) is 2.37. The first-order valence-corrected chi connectivity index (χ1v) is 7.05. The lowest BCUT2D eigenvalue weighted by atomic mass is 10.1. The number of carbonyl (C=O) groups is 2. The molecule has 1 aliphatic heterocycles. The molecule has 6 heteroatoms. The Morgan fingerprint density at radius 1 is 1.28 bits per heavy atom. The van der Waals surface area contributed by atoms with Crippen LogP contribution < -0.4 is 5.32 Å². The third-order valence-corrected chi connectivity index (χ3v) is 3.54. The monoisotopic (exact) mass is 273 g/mol. The van der Waals surface area contributed by atoms with Gasteiger partial charge in [0, 0.05) is 13.1 Å². The Bertz CT molecular complexity index is 341. The highest BCUT2D eigenvalue weighted by molar-refractivity contribution is 8.03. The van der Waals surface area contributed by atoms with Gasteiger partial charge in [0.05, 0.1) is 24.5 Å². The van der Waals surface area contributed by atoms with Crippen molar-refractivity contribution in [1.29, 1.82) is 0 Å². The van der Waals surface area contributed by atoms with Gasteiger partial charge in [-0.15, -0.1) is 11.8 Å². The van der Waals surface area contributed by atoms with Crippen LogP contribution in [-0.2, 0) is 19.1 Å². The highest BCUT2D eigenvalue weighted by atomic mass is 32.2. The number of thioether (sulfide) groups is 1. The van der Waals surface area contributed by atoms with E-state index in [-0.39, 0.29) is 17.7 Å². The molecule has 102 valence electrons. The van der Waals surface area contributed by atoms with Gasteiger partial charge >= 0.3 is 11.9 Å². The van der Waals surface area contributed by atoms with Crippen molar-refractivity contribution in [2.75, 3.05) is 32.1 Å². The van der Waals surface area contributed by atoms with Crippen LogP contribution in [0.25, 0.3) is 0 Å². The van der Waals surface area contributed by atoms with E-state index in [1.807, 2.05) is 0 Å². The molecule has 5 nitrogen and oxygen atoms in total. The molecule has 0 aliphatic carbocycles. The number of rotatable bonds is 6. The minimum absolute atomic E-state index is 0.242. The fourth-order valence-electron chi connectivity index (χ4n) is 1.58. The van der Waals surface area contributed by atoms with Gasteiger partial charge in [-0.3, -0.25) is 4.79 Å². The van der Waals surface area contributed by atoms with E-state index in [9.17, 15) is 9.59 Å². The van der Waals surface area contributed by atoms with Crippen molar-refractivity contribution in [2.45, 2.75) is 20.3 Å². The maximum atomic E-state index is 11.7. The molecule has 1 aliphatic rings. The third kappa shape index (κ3) is 4.70. The summed E-state index contributed by atoms with van der Waals surface area (Å²) in [6, 6.07) is 0. The first kappa shape index (κ1) is 15.0. The molecule has 0 spiro atoms. The molecule has 0 saturated carbocycles. The van der Waals surface area contributed by atoms with Crippen molar-refractivity contribution in [3.63, 3.8) is 0 Å². The van der Waals surface area contributed by atoms with Gasteiger partial charge in [-0.05, 0) is 25.2 Å². The van der Waals surface area contributed by atoms with E-state index in [0.29, 0.717) is 25.3 Å². The predicted octanol–water partition coefficient (Wildman–Crippen LogP) is 1.09. The van der Waals surface area contributed by atoms with Gasteiger partial charge in [0.15, 0.2) is 0 Å². The van der Waals surface area contributed by atoms with Gasteiger partial charge < -0.3 is 14.8 Å². The van der Waals surface area contributed by atoms with Gasteiger partial charge in [0.2, 0.25) is 0 Å². The number of nitrogens with one attached hydrogen (secondary N) is 1. The average molecular weight is 273 g/mol. The summed E-state index contributed by atoms with van der Waals surface area (Å²) in [7, 11) is 0. The molecular weight excluding hydrogens is 254 g/mol. The summed E-state index contributed by atoms with van der Waals surface area (Å²) in [4.78, 5) is 24.0. The molecule has 0 aromatic rings. The van der Waals surface area contributed by atoms with Crippen LogP contribution in [0.4, 0.5) is 0 Å². The van der Waals surface area contributed by atoms with Gasteiger partial charge in [0.1, 0.15) is 0 Å². The summed E-state index contributed by atoms with van der Waals surface area (Å²) >= 11 is 1.37. The van der Waals surface area contributed by atoms with Gasteiger partial charge in [-0.1, -0.05) is 0 Å². The third-order valence-electron chi connectivity index (χ3n) is 2.36. The lowest BCUT2D eigenvalue weighted by Gasteiger charge is -2.19. The van der Waals surface area contributed by atoms with Crippen molar-refractivity contribution < 1.29 is 19.1 Å². The van der Waals surface area contributed by atoms with E-state index in [4.69, 9.17) is 9.47 Å². The molecule has 0 aromatic carbocycles. The lowest BCUT2D eigenvalue weighted by molar-refractivity contribution is -0.140. The van der Waals surface area contributed by atoms with E-state index in [1.165, 1.54) is 11.8 Å². The molecule has 1 N–H and O–H groups in total. The summed E-state index contributed by atoms with van der Waals surface area (Å²) in [5.41, 5.74) is 0.636. The normalized spacial score (nSPS) is 15.4. The van der Waals surface area contributed by atoms with Crippen molar-refractivity contribution >= 4 is 23.7 Å². The summed E-state index contributed by atoms with van der Waals surface area (Å²) in [6.07, 6.45) is 0.748. The fourth-order valence-corrected chi connectivity index (χ4v) is 2.53. The number of esters is 2. The largest absolute Gasteiger partial charge is 0.465 e. The maximum absolute atomic E-state index is 11.7. The van der Waals surface area contributed by atoms with E-state index in [1.54, 1.807) is 13.8 Å². The van der Waals surface area contributed by atoms with Crippen molar-refractivity contribution in [1.82, 2.24) is 5.32 Å². The Balaban J connectivity index is 2.61. The lowest BCUT2D eigenvalue weighted by Crippen LogP contribution is -2.29. The minimum Gasteiger partial charge on any atom is -0.465 e. The second kappa shape index (κ2) is 8.16. The SMILES string of the molecule is CCOC(=O)CSC1=C(C(=O)OCC)CNCC1. The summed E-state index contributed by atoms with van der Waals surface area (Å²) in [5, 5.41) is 3.13. The standard InChI is InChI=1S/C12H19NO4S/c1-3-16-11(14)8-18-10-5-6-13-7-9(10)12(15)17-4-2/h13H,3-8H2,1-2H3. The zero-order valence-corrected chi connectivity index (χ0v) is 11.6. The Hall–Kier alpha value is -1.01. The molecule has 0 atom stereocenters. The Morgan fingerprint density at radius 3 is 2.67 bits per heavy atom. The summed E-state index contributed by atoms with van der Waals surface area (Å²) in [6.45, 7) is 5.61. The maximum Gasteiger partial charge on any atom is 0.336 e. The second-order valence-electron chi connectivity index (χ2n) is 3.64. The quantitative estimate of drug-likeness (QED) is 0.731. The van der Waals surface area contributed by atoms with Crippen molar-refractivity contribution in [2.24, 2.45) is 0 Å². The molecule has 0 unspecified atom stereocenters. The van der Waals surface area contributed by atoms with Crippen LogP contribution in [0.1, 0.15) is 20.3 Å². The summed E-state index contributed by atoms with van der Waals surface area (Å²) in [5.74, 6) is -0.306. The fraction of sp³-hybridized carbons (Fsp3) is 0.667. The minimum atomic E-state index is -0.295. The predicted molar refractivity (Wildman–Crippen MR) is 70.2 cm³/mol. The van der Waals surface area contributed by atoms with E-state index in [2.05, 4.69) is 5.32 Å². The topological polar surface area (TPSA) is 64.6 Å². The van der Waals surface area contributed by atoms with Gasteiger partial charge in [0.25, 0.3) is 0 Å². The number of ether oxygens (including phenoxy) is 2. The van der Waals surface area contributed by atoms with Gasteiger partial charge in [-0.2, -0.15) is 0 Å². The molecule has 0 aromatic heterocycles. The van der Waals surface area contributed by atoms with E-state index >= 15 is 0 Å². The smallest absolute Gasteiger partial charge is 0.336 e. The zero-order chi connectivity index (χ0) is 13.4. The number of hydrogen-bond acceptors (Lipinski definition) is 6. The highest BCUT2D eigenvalue weighted by Crippen LogP contribution is 2.26. The Morgan fingerprint density at radius 2 is 2.00 bits per heavy atom. The molecule has 1 rings (SSSR count).